The van der Waals surface area contributed by atoms with Gasteiger partial charge in [-0.3, -0.25) is 14.4 Å². The Morgan fingerprint density at radius 3 is 0.667 bits per heavy atom. The van der Waals surface area contributed by atoms with E-state index < -0.39 is 6.10 Å². The Morgan fingerprint density at radius 1 is 0.244 bits per heavy atom. The quantitative estimate of drug-likeness (QED) is 0.0261. The van der Waals surface area contributed by atoms with E-state index in [4.69, 9.17) is 14.2 Å². The normalized spacial score (nSPS) is 12.1. The highest BCUT2D eigenvalue weighted by Crippen LogP contribution is 2.19. The molecule has 0 aromatic carbocycles. The Morgan fingerprint density at radius 2 is 0.423 bits per heavy atom. The van der Waals surface area contributed by atoms with E-state index >= 15 is 0 Å². The van der Waals surface area contributed by atoms with Crippen LogP contribution in [0.2, 0.25) is 0 Å². The van der Waals surface area contributed by atoms with Gasteiger partial charge in [-0.25, -0.2) is 0 Å². The van der Waals surface area contributed by atoms with Gasteiger partial charge in [-0.15, -0.1) is 0 Å². The van der Waals surface area contributed by atoms with E-state index in [1.165, 1.54) is 289 Å². The lowest BCUT2D eigenvalue weighted by Crippen LogP contribution is -2.30. The predicted octanol–water partition coefficient (Wildman–Crippen LogP) is 24.2. The molecule has 0 aromatic heterocycles. The third-order valence-electron chi connectivity index (χ3n) is 16.2. The number of esters is 3. The van der Waals surface area contributed by atoms with E-state index in [-0.39, 0.29) is 31.1 Å². The molecular weight excluding hydrogens is 961 g/mol. The van der Waals surface area contributed by atoms with E-state index in [1.54, 1.807) is 0 Å². The van der Waals surface area contributed by atoms with Crippen LogP contribution in [0.3, 0.4) is 0 Å². The molecule has 0 saturated carbocycles. The van der Waals surface area contributed by atoms with Crippen molar-refractivity contribution in [2.75, 3.05) is 13.2 Å². The standard InChI is InChI=1S/C72H136O6/c1-4-7-10-13-16-19-22-25-27-29-30-31-32-33-34-35-36-37-38-39-40-41-42-43-44-46-47-50-53-56-59-62-65-71(74)77-68-69(67-76-70(73)64-61-58-55-52-49-24-21-18-15-12-9-6-3)78-72(75)66-63-60-57-54-51-48-45-28-26-23-20-17-14-11-8-5-2/h18,21,28,45,69H,4-17,19-20,22-27,29-44,46-68H2,1-3H3/b21-18-,45-28-. The van der Waals surface area contributed by atoms with Gasteiger partial charge in [0.25, 0.3) is 0 Å². The van der Waals surface area contributed by atoms with Gasteiger partial charge in [0.05, 0.1) is 0 Å². The zero-order chi connectivity index (χ0) is 56.4. The molecule has 0 radical (unpaired) electrons. The van der Waals surface area contributed by atoms with Crippen molar-refractivity contribution in [3.8, 4) is 0 Å². The summed E-state index contributed by atoms with van der Waals surface area (Å²) in [6.07, 6.45) is 82.3. The van der Waals surface area contributed by atoms with Gasteiger partial charge >= 0.3 is 17.9 Å². The zero-order valence-corrected chi connectivity index (χ0v) is 53.0. The van der Waals surface area contributed by atoms with Gasteiger partial charge in [0.1, 0.15) is 13.2 Å². The highest BCUT2D eigenvalue weighted by molar-refractivity contribution is 5.71. The van der Waals surface area contributed by atoms with Crippen molar-refractivity contribution in [1.29, 1.82) is 0 Å². The first-order valence-electron chi connectivity index (χ1n) is 35.3. The van der Waals surface area contributed by atoms with E-state index in [2.05, 4.69) is 45.1 Å². The number of carbonyl (C=O) groups excluding carboxylic acids is 3. The van der Waals surface area contributed by atoms with Crippen molar-refractivity contribution in [3.63, 3.8) is 0 Å². The highest BCUT2D eigenvalue weighted by atomic mass is 16.6. The predicted molar refractivity (Wildman–Crippen MR) is 340 cm³/mol. The maximum Gasteiger partial charge on any atom is 0.306 e. The second-order valence-corrected chi connectivity index (χ2v) is 24.1. The molecule has 0 heterocycles. The summed E-state index contributed by atoms with van der Waals surface area (Å²) in [6.45, 7) is 6.67. The number of rotatable bonds is 66. The third-order valence-corrected chi connectivity index (χ3v) is 16.2. The van der Waals surface area contributed by atoms with Crippen LogP contribution in [0.5, 0.6) is 0 Å². The lowest BCUT2D eigenvalue weighted by molar-refractivity contribution is -0.167. The third kappa shape index (κ3) is 64.7. The van der Waals surface area contributed by atoms with Crippen LogP contribution < -0.4 is 0 Å². The van der Waals surface area contributed by atoms with E-state index in [1.807, 2.05) is 0 Å². The van der Waals surface area contributed by atoms with Gasteiger partial charge < -0.3 is 14.2 Å². The summed E-state index contributed by atoms with van der Waals surface area (Å²) in [7, 11) is 0. The topological polar surface area (TPSA) is 78.9 Å². The summed E-state index contributed by atoms with van der Waals surface area (Å²) >= 11 is 0. The number of hydrogen-bond donors (Lipinski definition) is 0. The summed E-state index contributed by atoms with van der Waals surface area (Å²) < 4.78 is 16.9. The van der Waals surface area contributed by atoms with Crippen molar-refractivity contribution < 1.29 is 28.6 Å². The molecule has 1 atom stereocenters. The second-order valence-electron chi connectivity index (χ2n) is 24.1. The largest absolute Gasteiger partial charge is 0.462 e. The molecule has 0 amide bonds. The van der Waals surface area contributed by atoms with Crippen molar-refractivity contribution in [1.82, 2.24) is 0 Å². The number of carbonyl (C=O) groups is 3. The Hall–Kier alpha value is -2.11. The van der Waals surface area contributed by atoms with Crippen LogP contribution >= 0.6 is 0 Å². The first-order chi connectivity index (χ1) is 38.5. The number of allylic oxidation sites excluding steroid dienone is 4. The van der Waals surface area contributed by atoms with Gasteiger partial charge in [-0.1, -0.05) is 334 Å². The summed E-state index contributed by atoms with van der Waals surface area (Å²) in [5.41, 5.74) is 0. The molecule has 0 saturated heterocycles. The van der Waals surface area contributed by atoms with Crippen molar-refractivity contribution in [2.24, 2.45) is 0 Å². The van der Waals surface area contributed by atoms with Crippen molar-refractivity contribution >= 4 is 17.9 Å². The van der Waals surface area contributed by atoms with Gasteiger partial charge in [0.15, 0.2) is 6.10 Å². The Balaban J connectivity index is 4.08. The first-order valence-corrected chi connectivity index (χ1v) is 35.3. The Bertz CT molecular complexity index is 1260. The fourth-order valence-electron chi connectivity index (χ4n) is 10.8. The van der Waals surface area contributed by atoms with Crippen LogP contribution in [0.15, 0.2) is 24.3 Å². The van der Waals surface area contributed by atoms with Crippen LogP contribution in [0.4, 0.5) is 0 Å². The van der Waals surface area contributed by atoms with Gasteiger partial charge in [-0.05, 0) is 70.6 Å². The van der Waals surface area contributed by atoms with E-state index in [0.717, 1.165) is 70.6 Å². The lowest BCUT2D eigenvalue weighted by atomic mass is 10.0. The summed E-state index contributed by atoms with van der Waals surface area (Å²) in [5, 5.41) is 0. The molecule has 0 N–H and O–H groups in total. The lowest BCUT2D eigenvalue weighted by Gasteiger charge is -2.18. The maximum absolute atomic E-state index is 12.9. The summed E-state index contributed by atoms with van der Waals surface area (Å²) in [6, 6.07) is 0. The molecule has 78 heavy (non-hydrogen) atoms. The van der Waals surface area contributed by atoms with Gasteiger partial charge in [0.2, 0.25) is 0 Å². The number of ether oxygens (including phenoxy) is 3. The fraction of sp³-hybridized carbons (Fsp3) is 0.903. The molecule has 0 aliphatic carbocycles. The second kappa shape index (κ2) is 67.4. The summed E-state index contributed by atoms with van der Waals surface area (Å²) in [5.74, 6) is -0.864. The molecule has 0 aliphatic heterocycles. The molecule has 1 unspecified atom stereocenters. The van der Waals surface area contributed by atoms with Crippen molar-refractivity contribution in [2.45, 2.75) is 406 Å². The molecule has 0 aromatic rings. The minimum Gasteiger partial charge on any atom is -0.462 e. The van der Waals surface area contributed by atoms with E-state index in [0.29, 0.717) is 19.3 Å². The van der Waals surface area contributed by atoms with Crippen LogP contribution in [-0.4, -0.2) is 37.2 Å². The number of hydrogen-bond acceptors (Lipinski definition) is 6. The molecule has 0 fully saturated rings. The van der Waals surface area contributed by atoms with E-state index in [9.17, 15) is 14.4 Å². The van der Waals surface area contributed by atoms with Crippen LogP contribution in [0.25, 0.3) is 0 Å². The Kier molecular flexibility index (Phi) is 65.6. The van der Waals surface area contributed by atoms with Gasteiger partial charge in [0, 0.05) is 19.3 Å². The smallest absolute Gasteiger partial charge is 0.306 e. The molecule has 0 bridgehead atoms. The minimum absolute atomic E-state index is 0.0724. The molecule has 6 heteroatoms. The maximum atomic E-state index is 12.9. The zero-order valence-electron chi connectivity index (χ0n) is 53.0. The van der Waals surface area contributed by atoms with Crippen LogP contribution in [0.1, 0.15) is 400 Å². The molecular formula is C72H136O6. The Labute approximate surface area is 487 Å². The highest BCUT2D eigenvalue weighted by Gasteiger charge is 2.19. The molecule has 6 nitrogen and oxygen atoms in total. The molecule has 0 spiro atoms. The average Bonchev–Trinajstić information content (AvgIpc) is 3.44. The molecule has 0 rings (SSSR count). The number of unbranched alkanes of at least 4 members (excludes halogenated alkanes) is 51. The van der Waals surface area contributed by atoms with Gasteiger partial charge in [-0.2, -0.15) is 0 Å². The molecule has 460 valence electrons. The average molecular weight is 1100 g/mol. The van der Waals surface area contributed by atoms with Crippen LogP contribution in [-0.2, 0) is 28.6 Å². The van der Waals surface area contributed by atoms with Crippen LogP contribution in [0, 0.1) is 0 Å². The SMILES string of the molecule is CCCCC/C=C\CCCCCCCC(=O)OCC(COC(=O)CCCCCCCCCCCCCCCCCCCCCCCCCCCCCCCCCC)OC(=O)CCCCCCC/C=C\CCCCCCCCC. The minimum atomic E-state index is -0.776. The fourth-order valence-corrected chi connectivity index (χ4v) is 10.8. The summed E-state index contributed by atoms with van der Waals surface area (Å²) in [4.78, 5) is 38.3. The monoisotopic (exact) mass is 1100 g/mol. The van der Waals surface area contributed by atoms with Crippen molar-refractivity contribution in [3.05, 3.63) is 24.3 Å². The molecule has 0 aliphatic rings. The first kappa shape index (κ1) is 75.9.